The van der Waals surface area contributed by atoms with Crippen molar-refractivity contribution in [2.75, 3.05) is 5.73 Å². The minimum absolute atomic E-state index is 0.386. The van der Waals surface area contributed by atoms with Gasteiger partial charge in [0.1, 0.15) is 12.4 Å². The van der Waals surface area contributed by atoms with Crippen LogP contribution in [0.25, 0.3) is 0 Å². The Morgan fingerprint density at radius 2 is 1.84 bits per heavy atom. The number of benzene rings is 1. The Hall–Kier alpha value is -1.07. The molecule has 0 saturated heterocycles. The van der Waals surface area contributed by atoms with Gasteiger partial charge < -0.3 is 10.5 Å². The van der Waals surface area contributed by atoms with Gasteiger partial charge in [0.2, 0.25) is 0 Å². The van der Waals surface area contributed by atoms with E-state index in [1.54, 1.807) is 6.20 Å². The Morgan fingerprint density at radius 1 is 1.21 bits per heavy atom. The fraction of sp³-hybridized carbons (Fsp3) is 0.214. The van der Waals surface area contributed by atoms with Crippen LogP contribution < -0.4 is 10.5 Å². The number of aryl methyl sites for hydroxylation is 1. The first-order valence-corrected chi connectivity index (χ1v) is 7.36. The average Bonchev–Trinajstić information content (AvgIpc) is 2.38. The molecule has 0 aliphatic rings. The lowest BCUT2D eigenvalue weighted by Crippen LogP contribution is -2.05. The van der Waals surface area contributed by atoms with Crippen molar-refractivity contribution in [1.29, 1.82) is 0 Å². The van der Waals surface area contributed by atoms with Crippen molar-refractivity contribution in [3.05, 3.63) is 50.2 Å². The van der Waals surface area contributed by atoms with E-state index in [-0.39, 0.29) is 0 Å². The van der Waals surface area contributed by atoms with Crippen molar-refractivity contribution in [2.45, 2.75) is 20.5 Å². The number of halogens is 2. The molecular formula is C14H14Br2N2O. The molecule has 0 aliphatic heterocycles. The highest BCUT2D eigenvalue weighted by molar-refractivity contribution is 9.11. The Balaban J connectivity index is 2.22. The normalized spacial score (nSPS) is 10.5. The molecule has 0 fully saturated rings. The third kappa shape index (κ3) is 3.09. The summed E-state index contributed by atoms with van der Waals surface area (Å²) in [5, 5.41) is 0. The zero-order chi connectivity index (χ0) is 14.0. The molecule has 0 saturated carbocycles. The molecule has 1 aromatic carbocycles. The number of pyridine rings is 1. The van der Waals surface area contributed by atoms with Crippen LogP contribution in [-0.2, 0) is 6.61 Å². The lowest BCUT2D eigenvalue weighted by molar-refractivity contribution is 0.296. The number of nitrogens with zero attached hydrogens (tertiary/aromatic N) is 1. The summed E-state index contributed by atoms with van der Waals surface area (Å²) in [7, 11) is 0. The number of hydrogen-bond acceptors (Lipinski definition) is 3. The average molecular weight is 386 g/mol. The molecule has 3 nitrogen and oxygen atoms in total. The van der Waals surface area contributed by atoms with Gasteiger partial charge in [-0.05, 0) is 69.0 Å². The second kappa shape index (κ2) is 5.92. The van der Waals surface area contributed by atoms with Crippen LogP contribution in [0.5, 0.6) is 5.75 Å². The van der Waals surface area contributed by atoms with Crippen molar-refractivity contribution in [3.63, 3.8) is 0 Å². The zero-order valence-electron chi connectivity index (χ0n) is 10.7. The molecule has 1 aromatic heterocycles. The first-order chi connectivity index (χ1) is 9.00. The van der Waals surface area contributed by atoms with Gasteiger partial charge in [-0.15, -0.1) is 0 Å². The molecule has 5 heteroatoms. The number of rotatable bonds is 3. The van der Waals surface area contributed by atoms with Crippen molar-refractivity contribution in [2.24, 2.45) is 0 Å². The standard InChI is InChI=1S/C14H14Br2N2O/c1-8-6-18-12(9(2)13(8)17)7-19-14-10(15)4-3-5-11(14)16/h3-6H,7H2,1-2H3,(H2,17,18). The maximum atomic E-state index is 6.00. The van der Waals surface area contributed by atoms with Gasteiger partial charge in [0, 0.05) is 11.9 Å². The quantitative estimate of drug-likeness (QED) is 0.852. The lowest BCUT2D eigenvalue weighted by Gasteiger charge is -2.13. The number of hydrogen-bond donors (Lipinski definition) is 1. The second-order valence-corrected chi connectivity index (χ2v) is 5.97. The fourth-order valence-corrected chi connectivity index (χ4v) is 2.93. The Morgan fingerprint density at radius 3 is 2.47 bits per heavy atom. The van der Waals surface area contributed by atoms with Crippen LogP contribution in [0, 0.1) is 13.8 Å². The molecule has 0 radical (unpaired) electrons. The number of anilines is 1. The van der Waals surface area contributed by atoms with Crippen LogP contribution in [0.4, 0.5) is 5.69 Å². The van der Waals surface area contributed by atoms with Crippen LogP contribution in [-0.4, -0.2) is 4.98 Å². The third-order valence-corrected chi connectivity index (χ3v) is 4.20. The second-order valence-electron chi connectivity index (χ2n) is 4.27. The molecule has 0 aliphatic carbocycles. The molecule has 100 valence electrons. The largest absolute Gasteiger partial charge is 0.485 e. The Kier molecular flexibility index (Phi) is 4.47. The van der Waals surface area contributed by atoms with Crippen LogP contribution in [0.3, 0.4) is 0 Å². The molecule has 2 N–H and O–H groups in total. The van der Waals surface area contributed by atoms with E-state index in [2.05, 4.69) is 36.8 Å². The summed E-state index contributed by atoms with van der Waals surface area (Å²) >= 11 is 6.93. The predicted molar refractivity (Wildman–Crippen MR) is 84.3 cm³/mol. The van der Waals surface area contributed by atoms with Crippen LogP contribution in [0.15, 0.2) is 33.3 Å². The van der Waals surface area contributed by atoms with Gasteiger partial charge in [-0.3, -0.25) is 4.98 Å². The summed E-state index contributed by atoms with van der Waals surface area (Å²) in [5.74, 6) is 0.767. The molecule has 0 bridgehead atoms. The maximum Gasteiger partial charge on any atom is 0.148 e. The summed E-state index contributed by atoms with van der Waals surface area (Å²) in [4.78, 5) is 4.38. The van der Waals surface area contributed by atoms with Crippen molar-refractivity contribution in [3.8, 4) is 5.75 Å². The highest BCUT2D eigenvalue weighted by atomic mass is 79.9. The summed E-state index contributed by atoms with van der Waals surface area (Å²) in [6.45, 7) is 4.30. The smallest absolute Gasteiger partial charge is 0.148 e. The minimum atomic E-state index is 0.386. The van der Waals surface area contributed by atoms with E-state index in [4.69, 9.17) is 10.5 Å². The number of aromatic nitrogens is 1. The molecule has 0 amide bonds. The Labute approximate surface area is 129 Å². The summed E-state index contributed by atoms with van der Waals surface area (Å²) < 4.78 is 7.62. The zero-order valence-corrected chi connectivity index (χ0v) is 13.9. The number of nitrogens with two attached hydrogens (primary N) is 1. The van der Waals surface area contributed by atoms with Crippen molar-refractivity contribution >= 4 is 37.5 Å². The van der Waals surface area contributed by atoms with Crippen LogP contribution >= 0.6 is 31.9 Å². The third-order valence-electron chi connectivity index (χ3n) is 2.95. The highest BCUT2D eigenvalue weighted by Crippen LogP contribution is 2.33. The van der Waals surface area contributed by atoms with E-state index in [1.165, 1.54) is 0 Å². The molecule has 0 atom stereocenters. The SMILES string of the molecule is Cc1cnc(COc2c(Br)cccc2Br)c(C)c1N. The van der Waals surface area contributed by atoms with Crippen molar-refractivity contribution < 1.29 is 4.74 Å². The maximum absolute atomic E-state index is 6.00. The van der Waals surface area contributed by atoms with Gasteiger partial charge in [0.05, 0.1) is 14.6 Å². The topological polar surface area (TPSA) is 48.1 Å². The van der Waals surface area contributed by atoms with Crippen LogP contribution in [0.1, 0.15) is 16.8 Å². The van der Waals surface area contributed by atoms with E-state index in [9.17, 15) is 0 Å². The number of para-hydroxylation sites is 1. The van der Waals surface area contributed by atoms with Gasteiger partial charge in [-0.2, -0.15) is 0 Å². The first kappa shape index (κ1) is 14.3. The van der Waals surface area contributed by atoms with Gasteiger partial charge >= 0.3 is 0 Å². The molecule has 19 heavy (non-hydrogen) atoms. The highest BCUT2D eigenvalue weighted by Gasteiger charge is 2.10. The first-order valence-electron chi connectivity index (χ1n) is 5.78. The molecule has 0 spiro atoms. The van der Waals surface area contributed by atoms with E-state index in [1.807, 2.05) is 32.0 Å². The Bertz CT molecular complexity index is 594. The van der Waals surface area contributed by atoms with E-state index < -0.39 is 0 Å². The summed E-state index contributed by atoms with van der Waals surface area (Å²) in [6, 6.07) is 5.81. The molecular weight excluding hydrogens is 372 g/mol. The van der Waals surface area contributed by atoms with Gasteiger partial charge in [0.15, 0.2) is 0 Å². The molecule has 2 aromatic rings. The van der Waals surface area contributed by atoms with Crippen molar-refractivity contribution in [1.82, 2.24) is 4.98 Å². The monoisotopic (exact) mass is 384 g/mol. The van der Waals surface area contributed by atoms with E-state index in [0.29, 0.717) is 6.61 Å². The summed E-state index contributed by atoms with van der Waals surface area (Å²) in [5.41, 5.74) is 9.59. The predicted octanol–water partition coefficient (Wildman–Crippen LogP) is 4.38. The molecule has 0 unspecified atom stereocenters. The minimum Gasteiger partial charge on any atom is -0.485 e. The fourth-order valence-electron chi connectivity index (χ4n) is 1.70. The van der Waals surface area contributed by atoms with Crippen LogP contribution in [0.2, 0.25) is 0 Å². The van der Waals surface area contributed by atoms with Gasteiger partial charge in [0.25, 0.3) is 0 Å². The number of ether oxygens (including phenoxy) is 1. The van der Waals surface area contributed by atoms with E-state index in [0.717, 1.165) is 37.2 Å². The molecule has 1 heterocycles. The van der Waals surface area contributed by atoms with Gasteiger partial charge in [-0.1, -0.05) is 6.07 Å². The molecule has 2 rings (SSSR count). The van der Waals surface area contributed by atoms with E-state index >= 15 is 0 Å². The van der Waals surface area contributed by atoms with Gasteiger partial charge in [-0.25, -0.2) is 0 Å². The summed E-state index contributed by atoms with van der Waals surface area (Å²) in [6.07, 6.45) is 1.77. The number of nitrogen functional groups attached to an aromatic ring is 1. The lowest BCUT2D eigenvalue weighted by atomic mass is 10.1.